The summed E-state index contributed by atoms with van der Waals surface area (Å²) < 4.78 is 16.2. The van der Waals surface area contributed by atoms with Gasteiger partial charge in [-0.05, 0) is 23.8 Å². The van der Waals surface area contributed by atoms with E-state index in [1.165, 1.54) is 5.56 Å². The molecular formula is C21H24N2O4. The van der Waals surface area contributed by atoms with Crippen LogP contribution in [0.2, 0.25) is 0 Å². The number of hydrogen-bond donors (Lipinski definition) is 0. The molecule has 0 saturated carbocycles. The first-order valence-corrected chi connectivity index (χ1v) is 9.23. The molecule has 0 spiro atoms. The van der Waals surface area contributed by atoms with Crippen LogP contribution in [0.15, 0.2) is 42.5 Å². The number of rotatable bonds is 5. The Balaban J connectivity index is 1.30. The number of nitrogens with zero attached hydrogens (tertiary/aromatic N) is 2. The van der Waals surface area contributed by atoms with Gasteiger partial charge in [0.15, 0.2) is 11.5 Å². The first-order valence-electron chi connectivity index (χ1n) is 9.23. The third kappa shape index (κ3) is 4.01. The molecule has 0 atom stereocenters. The van der Waals surface area contributed by atoms with Crippen LogP contribution in [-0.2, 0) is 17.8 Å². The molecular weight excluding hydrogens is 344 g/mol. The van der Waals surface area contributed by atoms with Crippen LogP contribution in [-0.4, -0.2) is 55.8 Å². The minimum absolute atomic E-state index is 0.155. The average Bonchev–Trinajstić information content (AvgIpc) is 3.17. The van der Waals surface area contributed by atoms with Gasteiger partial charge in [-0.15, -0.1) is 0 Å². The summed E-state index contributed by atoms with van der Waals surface area (Å²) >= 11 is 0. The number of piperazine rings is 1. The topological polar surface area (TPSA) is 51.2 Å². The van der Waals surface area contributed by atoms with E-state index in [4.69, 9.17) is 14.2 Å². The molecule has 2 aromatic carbocycles. The third-order valence-corrected chi connectivity index (χ3v) is 5.10. The second-order valence-electron chi connectivity index (χ2n) is 6.83. The van der Waals surface area contributed by atoms with Crippen molar-refractivity contribution in [2.24, 2.45) is 0 Å². The standard InChI is InChI=1S/C21H24N2O4/c1-25-18-5-3-2-4-17(18)13-21(24)23-10-8-22(9-11-23)14-16-6-7-19-20(12-16)27-15-26-19/h2-7,12H,8-11,13-15H2,1H3. The summed E-state index contributed by atoms with van der Waals surface area (Å²) in [4.78, 5) is 17.0. The smallest absolute Gasteiger partial charge is 0.231 e. The molecule has 27 heavy (non-hydrogen) atoms. The zero-order valence-electron chi connectivity index (χ0n) is 15.5. The van der Waals surface area contributed by atoms with E-state index in [-0.39, 0.29) is 5.91 Å². The fourth-order valence-corrected chi connectivity index (χ4v) is 3.58. The average molecular weight is 368 g/mol. The number of hydrogen-bond acceptors (Lipinski definition) is 5. The van der Waals surface area contributed by atoms with Crippen LogP contribution in [0.4, 0.5) is 0 Å². The monoisotopic (exact) mass is 368 g/mol. The Morgan fingerprint density at radius 2 is 1.81 bits per heavy atom. The highest BCUT2D eigenvalue weighted by Crippen LogP contribution is 2.32. The van der Waals surface area contributed by atoms with E-state index < -0.39 is 0 Å². The summed E-state index contributed by atoms with van der Waals surface area (Å²) in [7, 11) is 1.64. The van der Waals surface area contributed by atoms with Crippen LogP contribution in [0.3, 0.4) is 0 Å². The number of ether oxygens (including phenoxy) is 3. The van der Waals surface area contributed by atoms with Crippen molar-refractivity contribution in [1.29, 1.82) is 0 Å². The first kappa shape index (κ1) is 17.7. The maximum absolute atomic E-state index is 12.7. The van der Waals surface area contributed by atoms with Gasteiger partial charge in [0.2, 0.25) is 12.7 Å². The highest BCUT2D eigenvalue weighted by atomic mass is 16.7. The number of amides is 1. The second-order valence-corrected chi connectivity index (χ2v) is 6.83. The molecule has 2 aromatic rings. The van der Waals surface area contributed by atoms with Gasteiger partial charge in [0.25, 0.3) is 0 Å². The van der Waals surface area contributed by atoms with E-state index >= 15 is 0 Å². The molecule has 0 N–H and O–H groups in total. The van der Waals surface area contributed by atoms with E-state index in [9.17, 15) is 4.79 Å². The molecule has 2 aliphatic rings. The van der Waals surface area contributed by atoms with E-state index in [1.54, 1.807) is 7.11 Å². The van der Waals surface area contributed by atoms with Crippen molar-refractivity contribution in [3.8, 4) is 17.2 Å². The Morgan fingerprint density at radius 1 is 1.04 bits per heavy atom. The fourth-order valence-electron chi connectivity index (χ4n) is 3.58. The predicted octanol–water partition coefficient (Wildman–Crippen LogP) is 2.31. The van der Waals surface area contributed by atoms with E-state index in [2.05, 4.69) is 11.0 Å². The van der Waals surface area contributed by atoms with E-state index in [0.717, 1.165) is 55.5 Å². The number of benzene rings is 2. The normalized spacial score (nSPS) is 16.4. The summed E-state index contributed by atoms with van der Waals surface area (Å²) in [6.07, 6.45) is 0.381. The lowest BCUT2D eigenvalue weighted by Gasteiger charge is -2.35. The Morgan fingerprint density at radius 3 is 2.63 bits per heavy atom. The Bertz CT molecular complexity index is 816. The zero-order chi connectivity index (χ0) is 18.6. The third-order valence-electron chi connectivity index (χ3n) is 5.10. The molecule has 142 valence electrons. The molecule has 0 bridgehead atoms. The molecule has 2 heterocycles. The number of fused-ring (bicyclic) bond motifs is 1. The lowest BCUT2D eigenvalue weighted by Crippen LogP contribution is -2.48. The van der Waals surface area contributed by atoms with Crippen LogP contribution in [0, 0.1) is 0 Å². The molecule has 4 rings (SSSR count). The predicted molar refractivity (Wildman–Crippen MR) is 101 cm³/mol. The van der Waals surface area contributed by atoms with Crippen molar-refractivity contribution in [1.82, 2.24) is 9.80 Å². The summed E-state index contributed by atoms with van der Waals surface area (Å²) in [6, 6.07) is 13.8. The molecule has 6 nitrogen and oxygen atoms in total. The van der Waals surface area contributed by atoms with Crippen LogP contribution in [0.1, 0.15) is 11.1 Å². The quantitative estimate of drug-likeness (QED) is 0.811. The van der Waals surface area contributed by atoms with Gasteiger partial charge in [0.05, 0.1) is 13.5 Å². The molecule has 0 radical (unpaired) electrons. The van der Waals surface area contributed by atoms with Crippen LogP contribution < -0.4 is 14.2 Å². The Hall–Kier alpha value is -2.73. The van der Waals surface area contributed by atoms with Crippen molar-refractivity contribution >= 4 is 5.91 Å². The Kier molecular flexibility index (Phi) is 5.16. The minimum atomic E-state index is 0.155. The minimum Gasteiger partial charge on any atom is -0.496 e. The van der Waals surface area contributed by atoms with Gasteiger partial charge in [-0.3, -0.25) is 9.69 Å². The largest absolute Gasteiger partial charge is 0.496 e. The maximum atomic E-state index is 12.7. The zero-order valence-corrected chi connectivity index (χ0v) is 15.5. The van der Waals surface area contributed by atoms with Crippen LogP contribution in [0.5, 0.6) is 17.2 Å². The molecule has 0 unspecified atom stereocenters. The first-order chi connectivity index (χ1) is 13.2. The molecule has 1 saturated heterocycles. The van der Waals surface area contributed by atoms with Crippen molar-refractivity contribution in [2.45, 2.75) is 13.0 Å². The maximum Gasteiger partial charge on any atom is 0.231 e. The number of para-hydroxylation sites is 1. The van der Waals surface area contributed by atoms with Gasteiger partial charge in [-0.25, -0.2) is 0 Å². The van der Waals surface area contributed by atoms with Gasteiger partial charge < -0.3 is 19.1 Å². The van der Waals surface area contributed by atoms with E-state index in [0.29, 0.717) is 13.2 Å². The highest BCUT2D eigenvalue weighted by Gasteiger charge is 2.22. The second kappa shape index (κ2) is 7.88. The lowest BCUT2D eigenvalue weighted by atomic mass is 10.1. The Labute approximate surface area is 159 Å². The number of carbonyl (C=O) groups excluding carboxylic acids is 1. The number of carbonyl (C=O) groups is 1. The van der Waals surface area contributed by atoms with Crippen molar-refractivity contribution < 1.29 is 19.0 Å². The van der Waals surface area contributed by atoms with Gasteiger partial charge in [0, 0.05) is 38.3 Å². The summed E-state index contributed by atoms with van der Waals surface area (Å²) in [5, 5.41) is 0. The molecule has 0 aromatic heterocycles. The van der Waals surface area contributed by atoms with Crippen molar-refractivity contribution in [2.75, 3.05) is 40.1 Å². The lowest BCUT2D eigenvalue weighted by molar-refractivity contribution is -0.132. The van der Waals surface area contributed by atoms with Crippen LogP contribution >= 0.6 is 0 Å². The molecule has 0 aliphatic carbocycles. The summed E-state index contributed by atoms with van der Waals surface area (Å²) in [5.74, 6) is 2.55. The van der Waals surface area contributed by atoms with E-state index in [1.807, 2.05) is 41.3 Å². The van der Waals surface area contributed by atoms with Gasteiger partial charge in [-0.1, -0.05) is 24.3 Å². The van der Waals surface area contributed by atoms with Gasteiger partial charge in [-0.2, -0.15) is 0 Å². The summed E-state index contributed by atoms with van der Waals surface area (Å²) in [6.45, 7) is 4.38. The van der Waals surface area contributed by atoms with Crippen LogP contribution in [0.25, 0.3) is 0 Å². The molecule has 6 heteroatoms. The number of methoxy groups -OCH3 is 1. The van der Waals surface area contributed by atoms with Gasteiger partial charge in [0.1, 0.15) is 5.75 Å². The highest BCUT2D eigenvalue weighted by molar-refractivity contribution is 5.79. The van der Waals surface area contributed by atoms with Crippen molar-refractivity contribution in [3.05, 3.63) is 53.6 Å². The van der Waals surface area contributed by atoms with Crippen molar-refractivity contribution in [3.63, 3.8) is 0 Å². The fraction of sp³-hybridized carbons (Fsp3) is 0.381. The summed E-state index contributed by atoms with van der Waals surface area (Å²) in [5.41, 5.74) is 2.14. The SMILES string of the molecule is COc1ccccc1CC(=O)N1CCN(Cc2ccc3c(c2)OCO3)CC1. The molecule has 1 fully saturated rings. The molecule has 1 amide bonds. The molecule has 2 aliphatic heterocycles. The van der Waals surface area contributed by atoms with Gasteiger partial charge >= 0.3 is 0 Å².